The molecule has 0 amide bonds. The van der Waals surface area contributed by atoms with Gasteiger partial charge in [-0.1, -0.05) is 18.2 Å². The number of fused-ring (bicyclic) bond motifs is 1. The molecule has 2 heterocycles. The van der Waals surface area contributed by atoms with E-state index in [-0.39, 0.29) is 0 Å². The van der Waals surface area contributed by atoms with E-state index in [0.29, 0.717) is 5.76 Å². The fourth-order valence-electron chi connectivity index (χ4n) is 2.23. The standard InChI is InChI=1S/C14H14O3/c15-13(12-7-3-8-16-12)11-6-1-4-10-5-2-9-17-14(10)11/h1,3-4,6-8,13,15H,2,5,9H2. The lowest BCUT2D eigenvalue weighted by atomic mass is 9.98. The number of hydrogen-bond donors (Lipinski definition) is 1. The van der Waals surface area contributed by atoms with E-state index in [9.17, 15) is 5.11 Å². The average Bonchev–Trinajstić information content (AvgIpc) is 2.91. The fourth-order valence-corrected chi connectivity index (χ4v) is 2.23. The Bertz CT molecular complexity index is 502. The maximum Gasteiger partial charge on any atom is 0.140 e. The maximum absolute atomic E-state index is 10.3. The highest BCUT2D eigenvalue weighted by Gasteiger charge is 2.21. The van der Waals surface area contributed by atoms with Gasteiger partial charge in [0.1, 0.15) is 17.6 Å². The van der Waals surface area contributed by atoms with E-state index in [1.54, 1.807) is 18.4 Å². The number of furan rings is 1. The molecule has 88 valence electrons. The van der Waals surface area contributed by atoms with Crippen molar-refractivity contribution in [1.29, 1.82) is 0 Å². The van der Waals surface area contributed by atoms with E-state index in [0.717, 1.165) is 30.8 Å². The van der Waals surface area contributed by atoms with Crippen molar-refractivity contribution >= 4 is 0 Å². The van der Waals surface area contributed by atoms with Crippen LogP contribution in [0, 0.1) is 0 Å². The quantitative estimate of drug-likeness (QED) is 0.862. The number of aryl methyl sites for hydroxylation is 1. The van der Waals surface area contributed by atoms with Gasteiger partial charge in [-0.15, -0.1) is 0 Å². The molecule has 0 bridgehead atoms. The number of aliphatic hydroxyl groups excluding tert-OH is 1. The van der Waals surface area contributed by atoms with Crippen LogP contribution in [-0.4, -0.2) is 11.7 Å². The molecule has 1 aromatic heterocycles. The first-order chi connectivity index (χ1) is 8.36. The third kappa shape index (κ3) is 1.83. The van der Waals surface area contributed by atoms with Crippen LogP contribution in [0.4, 0.5) is 0 Å². The van der Waals surface area contributed by atoms with Gasteiger partial charge in [0.25, 0.3) is 0 Å². The molecular weight excluding hydrogens is 216 g/mol. The van der Waals surface area contributed by atoms with Gasteiger partial charge in [0.15, 0.2) is 0 Å². The molecule has 1 unspecified atom stereocenters. The summed E-state index contributed by atoms with van der Waals surface area (Å²) in [6, 6.07) is 9.43. The highest BCUT2D eigenvalue weighted by atomic mass is 16.5. The number of hydrogen-bond acceptors (Lipinski definition) is 3. The SMILES string of the molecule is OC(c1ccco1)c1cccc2c1OCCC2. The molecule has 2 aromatic rings. The molecule has 1 aliphatic heterocycles. The molecule has 3 heteroatoms. The summed E-state index contributed by atoms with van der Waals surface area (Å²) in [6.45, 7) is 0.717. The molecule has 0 spiro atoms. The van der Waals surface area contributed by atoms with Crippen LogP contribution < -0.4 is 4.74 Å². The van der Waals surface area contributed by atoms with Crippen molar-refractivity contribution < 1.29 is 14.3 Å². The topological polar surface area (TPSA) is 42.6 Å². The molecule has 17 heavy (non-hydrogen) atoms. The Morgan fingerprint density at radius 3 is 2.94 bits per heavy atom. The van der Waals surface area contributed by atoms with Gasteiger partial charge in [-0.2, -0.15) is 0 Å². The highest BCUT2D eigenvalue weighted by molar-refractivity contribution is 5.45. The number of benzene rings is 1. The van der Waals surface area contributed by atoms with Crippen LogP contribution in [0.15, 0.2) is 41.0 Å². The molecule has 0 radical (unpaired) electrons. The third-order valence-corrected chi connectivity index (χ3v) is 3.07. The first kappa shape index (κ1) is 10.4. The lowest BCUT2D eigenvalue weighted by Gasteiger charge is -2.22. The van der Waals surface area contributed by atoms with Crippen LogP contribution >= 0.6 is 0 Å². The summed E-state index contributed by atoms with van der Waals surface area (Å²) in [5.41, 5.74) is 1.96. The Balaban J connectivity index is 2.03. The van der Waals surface area contributed by atoms with Crippen LogP contribution in [0.1, 0.15) is 29.4 Å². The minimum Gasteiger partial charge on any atom is -0.493 e. The minimum absolute atomic E-state index is 0.549. The second-order valence-corrected chi connectivity index (χ2v) is 4.21. The van der Waals surface area contributed by atoms with Crippen LogP contribution in [0.5, 0.6) is 5.75 Å². The van der Waals surface area contributed by atoms with E-state index < -0.39 is 6.10 Å². The molecule has 3 nitrogen and oxygen atoms in total. The summed E-state index contributed by atoms with van der Waals surface area (Å²) in [4.78, 5) is 0. The predicted molar refractivity (Wildman–Crippen MR) is 63.0 cm³/mol. The zero-order valence-corrected chi connectivity index (χ0v) is 9.43. The zero-order chi connectivity index (χ0) is 11.7. The van der Waals surface area contributed by atoms with Crippen molar-refractivity contribution in [3.05, 3.63) is 53.5 Å². The van der Waals surface area contributed by atoms with Gasteiger partial charge in [0, 0.05) is 5.56 Å². The number of aliphatic hydroxyl groups is 1. The lowest BCUT2D eigenvalue weighted by Crippen LogP contribution is -2.12. The summed E-state index contributed by atoms with van der Waals surface area (Å²) in [5.74, 6) is 1.37. The molecule has 0 aliphatic carbocycles. The fraction of sp³-hybridized carbons (Fsp3) is 0.286. The van der Waals surface area contributed by atoms with Gasteiger partial charge in [0.2, 0.25) is 0 Å². The molecule has 1 aliphatic rings. The Hall–Kier alpha value is -1.74. The molecule has 0 saturated carbocycles. The lowest BCUT2D eigenvalue weighted by molar-refractivity contribution is 0.180. The van der Waals surface area contributed by atoms with Gasteiger partial charge in [-0.3, -0.25) is 0 Å². The van der Waals surface area contributed by atoms with Gasteiger partial charge in [0.05, 0.1) is 12.9 Å². The van der Waals surface area contributed by atoms with Crippen LogP contribution in [0.2, 0.25) is 0 Å². The Labute approximate surface area is 99.6 Å². The Morgan fingerprint density at radius 2 is 2.12 bits per heavy atom. The van der Waals surface area contributed by atoms with E-state index in [1.165, 1.54) is 5.56 Å². The van der Waals surface area contributed by atoms with E-state index in [2.05, 4.69) is 0 Å². The van der Waals surface area contributed by atoms with Gasteiger partial charge >= 0.3 is 0 Å². The van der Waals surface area contributed by atoms with Crippen molar-refractivity contribution in [1.82, 2.24) is 0 Å². The minimum atomic E-state index is -0.752. The zero-order valence-electron chi connectivity index (χ0n) is 9.43. The predicted octanol–water partition coefficient (Wildman–Crippen LogP) is 2.69. The molecule has 1 atom stereocenters. The molecule has 0 saturated heterocycles. The molecule has 1 aromatic carbocycles. The summed E-state index contributed by atoms with van der Waals surface area (Å²) in [5, 5.41) is 10.3. The van der Waals surface area contributed by atoms with Crippen LogP contribution in [-0.2, 0) is 6.42 Å². The number of para-hydroxylation sites is 1. The highest BCUT2D eigenvalue weighted by Crippen LogP contribution is 2.35. The first-order valence-corrected chi connectivity index (χ1v) is 5.82. The van der Waals surface area contributed by atoms with Crippen molar-refractivity contribution in [3.8, 4) is 5.75 Å². The van der Waals surface area contributed by atoms with Crippen LogP contribution in [0.3, 0.4) is 0 Å². The normalized spacial score (nSPS) is 16.1. The second-order valence-electron chi connectivity index (χ2n) is 4.21. The van der Waals surface area contributed by atoms with E-state index in [1.807, 2.05) is 18.2 Å². The van der Waals surface area contributed by atoms with Gasteiger partial charge in [-0.25, -0.2) is 0 Å². The summed E-state index contributed by atoms with van der Waals surface area (Å²) in [6.07, 6.45) is 2.86. The summed E-state index contributed by atoms with van der Waals surface area (Å²) >= 11 is 0. The smallest absolute Gasteiger partial charge is 0.140 e. The van der Waals surface area contributed by atoms with Crippen molar-refractivity contribution in [2.24, 2.45) is 0 Å². The Morgan fingerprint density at radius 1 is 1.18 bits per heavy atom. The van der Waals surface area contributed by atoms with Gasteiger partial charge in [-0.05, 0) is 30.5 Å². The maximum atomic E-state index is 10.3. The molecular formula is C14H14O3. The third-order valence-electron chi connectivity index (χ3n) is 3.07. The molecule has 0 fully saturated rings. The molecule has 3 rings (SSSR count). The van der Waals surface area contributed by atoms with Crippen molar-refractivity contribution in [2.75, 3.05) is 6.61 Å². The number of ether oxygens (including phenoxy) is 1. The monoisotopic (exact) mass is 230 g/mol. The second kappa shape index (κ2) is 4.26. The Kier molecular flexibility index (Phi) is 2.61. The van der Waals surface area contributed by atoms with E-state index in [4.69, 9.17) is 9.15 Å². The molecule has 1 N–H and O–H groups in total. The van der Waals surface area contributed by atoms with Gasteiger partial charge < -0.3 is 14.3 Å². The number of rotatable bonds is 2. The summed E-state index contributed by atoms with van der Waals surface area (Å²) in [7, 11) is 0. The summed E-state index contributed by atoms with van der Waals surface area (Å²) < 4.78 is 10.9. The first-order valence-electron chi connectivity index (χ1n) is 5.82. The van der Waals surface area contributed by atoms with Crippen molar-refractivity contribution in [2.45, 2.75) is 18.9 Å². The van der Waals surface area contributed by atoms with Crippen LogP contribution in [0.25, 0.3) is 0 Å². The van der Waals surface area contributed by atoms with E-state index >= 15 is 0 Å². The van der Waals surface area contributed by atoms with Crippen molar-refractivity contribution in [3.63, 3.8) is 0 Å². The average molecular weight is 230 g/mol. The largest absolute Gasteiger partial charge is 0.493 e.